The van der Waals surface area contributed by atoms with Crippen molar-refractivity contribution >= 4 is 17.4 Å². The summed E-state index contributed by atoms with van der Waals surface area (Å²) in [7, 11) is 0. The molecule has 6 heteroatoms. The summed E-state index contributed by atoms with van der Waals surface area (Å²) in [6.45, 7) is 2.14. The first-order chi connectivity index (χ1) is 12.9. The van der Waals surface area contributed by atoms with Crippen LogP contribution >= 0.6 is 11.8 Å². The summed E-state index contributed by atoms with van der Waals surface area (Å²) < 4.78 is 11.0. The Balaban J connectivity index is 1.45. The highest BCUT2D eigenvalue weighted by Gasteiger charge is 2.25. The van der Waals surface area contributed by atoms with E-state index in [0.717, 1.165) is 36.7 Å². The largest absolute Gasteiger partial charge is 0.454 e. The van der Waals surface area contributed by atoms with Crippen LogP contribution in [0.5, 0.6) is 11.5 Å². The summed E-state index contributed by atoms with van der Waals surface area (Å²) >= 11 is 1.93. The van der Waals surface area contributed by atoms with Crippen LogP contribution in [0.25, 0.3) is 0 Å². The average molecular weight is 365 g/mol. The van der Waals surface area contributed by atoms with E-state index in [9.17, 15) is 0 Å². The minimum absolute atomic E-state index is 0.317. The number of ether oxygens (including phenoxy) is 2. The molecule has 0 bridgehead atoms. The van der Waals surface area contributed by atoms with Gasteiger partial charge in [-0.05, 0) is 42.3 Å². The predicted octanol–water partition coefficient (Wildman–Crippen LogP) is 4.38. The third-order valence-electron chi connectivity index (χ3n) is 4.82. The molecule has 0 fully saturated rings. The normalized spacial score (nSPS) is 18.5. The van der Waals surface area contributed by atoms with Gasteiger partial charge < -0.3 is 14.4 Å². The number of hydrogen-bond donors (Lipinski definition) is 1. The van der Waals surface area contributed by atoms with E-state index >= 15 is 0 Å². The molecule has 2 aromatic carbocycles. The molecular formula is C20H19N3O2S. The summed E-state index contributed by atoms with van der Waals surface area (Å²) in [6.07, 6.45) is 2.87. The van der Waals surface area contributed by atoms with E-state index in [1.807, 2.05) is 30.1 Å². The monoisotopic (exact) mass is 365 g/mol. The molecule has 2 aliphatic rings. The molecule has 1 atom stereocenters. The van der Waals surface area contributed by atoms with Crippen molar-refractivity contribution in [1.29, 1.82) is 0 Å². The van der Waals surface area contributed by atoms with Crippen molar-refractivity contribution in [3.63, 3.8) is 0 Å². The highest BCUT2D eigenvalue weighted by molar-refractivity contribution is 7.99. The number of anilines is 1. The molecule has 0 aliphatic carbocycles. The van der Waals surface area contributed by atoms with Gasteiger partial charge in [0.15, 0.2) is 11.5 Å². The Labute approximate surface area is 156 Å². The van der Waals surface area contributed by atoms with E-state index in [4.69, 9.17) is 9.47 Å². The van der Waals surface area contributed by atoms with Gasteiger partial charge in [-0.15, -0.1) is 11.8 Å². The summed E-state index contributed by atoms with van der Waals surface area (Å²) in [5, 5.41) is 7.54. The highest BCUT2D eigenvalue weighted by atomic mass is 32.2. The van der Waals surface area contributed by atoms with Gasteiger partial charge >= 0.3 is 0 Å². The second-order valence-electron chi connectivity index (χ2n) is 6.48. The Kier molecular flexibility index (Phi) is 3.97. The Morgan fingerprint density at radius 2 is 2.04 bits per heavy atom. The number of rotatable bonds is 3. The van der Waals surface area contributed by atoms with E-state index in [2.05, 4.69) is 51.5 Å². The first-order valence-corrected chi connectivity index (χ1v) is 9.63. The minimum Gasteiger partial charge on any atom is -0.454 e. The first kappa shape index (κ1) is 15.6. The maximum Gasteiger partial charge on any atom is 0.231 e. The summed E-state index contributed by atoms with van der Waals surface area (Å²) in [5.74, 6) is 1.70. The third-order valence-corrected chi connectivity index (χ3v) is 6.22. The Hall–Kier alpha value is -2.60. The van der Waals surface area contributed by atoms with E-state index in [1.165, 1.54) is 16.1 Å². The number of benzene rings is 2. The van der Waals surface area contributed by atoms with Crippen LogP contribution in [0.3, 0.4) is 0 Å². The molecule has 3 aromatic rings. The molecule has 0 saturated heterocycles. The molecule has 0 spiro atoms. The first-order valence-electron chi connectivity index (χ1n) is 8.75. The van der Waals surface area contributed by atoms with Crippen molar-refractivity contribution in [1.82, 2.24) is 10.2 Å². The van der Waals surface area contributed by atoms with Crippen LogP contribution in [0.4, 0.5) is 5.69 Å². The molecule has 1 aromatic heterocycles. The molecule has 2 aliphatic heterocycles. The SMILES string of the molecule is c1ccc2c(c1)S[C@@H](c1ccc3c(c1)OCO3)CCN2Cc1ccn[nH]1. The van der Waals surface area contributed by atoms with Crippen LogP contribution in [-0.2, 0) is 6.54 Å². The van der Waals surface area contributed by atoms with Crippen LogP contribution in [-0.4, -0.2) is 23.5 Å². The lowest BCUT2D eigenvalue weighted by molar-refractivity contribution is 0.174. The Bertz CT molecular complexity index is 913. The number of nitrogens with zero attached hydrogens (tertiary/aromatic N) is 2. The highest BCUT2D eigenvalue weighted by Crippen LogP contribution is 2.47. The molecule has 1 N–H and O–H groups in total. The molecule has 5 rings (SSSR count). The van der Waals surface area contributed by atoms with Gasteiger partial charge in [0.25, 0.3) is 0 Å². The van der Waals surface area contributed by atoms with Crippen molar-refractivity contribution in [3.8, 4) is 11.5 Å². The molecule has 132 valence electrons. The van der Waals surface area contributed by atoms with Crippen molar-refractivity contribution in [2.75, 3.05) is 18.2 Å². The summed E-state index contributed by atoms with van der Waals surface area (Å²) in [6, 6.07) is 17.0. The van der Waals surface area contributed by atoms with Gasteiger partial charge in [-0.3, -0.25) is 5.10 Å². The molecule has 0 saturated carbocycles. The molecule has 3 heterocycles. The Morgan fingerprint density at radius 3 is 2.96 bits per heavy atom. The van der Waals surface area contributed by atoms with Gasteiger partial charge in [0.05, 0.1) is 17.9 Å². The second-order valence-corrected chi connectivity index (χ2v) is 7.72. The molecule has 0 radical (unpaired) electrons. The fourth-order valence-corrected chi connectivity index (χ4v) is 4.80. The number of thioether (sulfide) groups is 1. The molecule has 0 unspecified atom stereocenters. The number of hydrogen-bond acceptors (Lipinski definition) is 5. The van der Waals surface area contributed by atoms with Crippen LogP contribution in [0, 0.1) is 0 Å². The van der Waals surface area contributed by atoms with Crippen LogP contribution in [0.1, 0.15) is 22.9 Å². The smallest absolute Gasteiger partial charge is 0.231 e. The van der Waals surface area contributed by atoms with Crippen LogP contribution < -0.4 is 14.4 Å². The minimum atomic E-state index is 0.317. The topological polar surface area (TPSA) is 50.4 Å². The van der Waals surface area contributed by atoms with E-state index in [0.29, 0.717) is 12.0 Å². The van der Waals surface area contributed by atoms with Gasteiger partial charge in [0.1, 0.15) is 0 Å². The van der Waals surface area contributed by atoms with Crippen molar-refractivity contribution in [3.05, 3.63) is 66.0 Å². The van der Waals surface area contributed by atoms with Gasteiger partial charge in [-0.1, -0.05) is 18.2 Å². The number of aromatic amines is 1. The van der Waals surface area contributed by atoms with E-state index in [1.54, 1.807) is 0 Å². The van der Waals surface area contributed by atoms with E-state index < -0.39 is 0 Å². The Morgan fingerprint density at radius 1 is 1.12 bits per heavy atom. The number of para-hydroxylation sites is 1. The van der Waals surface area contributed by atoms with E-state index in [-0.39, 0.29) is 0 Å². The molecule has 26 heavy (non-hydrogen) atoms. The zero-order chi connectivity index (χ0) is 17.3. The quantitative estimate of drug-likeness (QED) is 0.746. The van der Waals surface area contributed by atoms with Gasteiger partial charge in [0.2, 0.25) is 6.79 Å². The second kappa shape index (κ2) is 6.61. The number of aromatic nitrogens is 2. The number of H-pyrrole nitrogens is 1. The fourth-order valence-electron chi connectivity index (χ4n) is 3.51. The third kappa shape index (κ3) is 2.90. The molecule has 0 amide bonds. The maximum atomic E-state index is 5.57. The predicted molar refractivity (Wildman–Crippen MR) is 102 cm³/mol. The summed E-state index contributed by atoms with van der Waals surface area (Å²) in [4.78, 5) is 3.75. The van der Waals surface area contributed by atoms with Crippen molar-refractivity contribution in [2.45, 2.75) is 23.1 Å². The lowest BCUT2D eigenvalue weighted by atomic mass is 10.1. The number of nitrogens with one attached hydrogen (secondary N) is 1. The molecule has 5 nitrogen and oxygen atoms in total. The van der Waals surface area contributed by atoms with Crippen molar-refractivity contribution < 1.29 is 9.47 Å². The lowest BCUT2D eigenvalue weighted by Crippen LogP contribution is -2.24. The number of fused-ring (bicyclic) bond motifs is 2. The maximum absolute atomic E-state index is 5.57. The van der Waals surface area contributed by atoms with Crippen LogP contribution in [0.2, 0.25) is 0 Å². The van der Waals surface area contributed by atoms with Gasteiger partial charge in [-0.2, -0.15) is 5.10 Å². The average Bonchev–Trinajstić information content (AvgIpc) is 3.31. The standard InChI is InChI=1S/C20H19N3O2S/c1-2-4-20-16(3-1)23(12-15-7-9-21-22-15)10-8-19(26-20)14-5-6-17-18(11-14)25-13-24-17/h1-7,9,11,19H,8,10,12-13H2,(H,21,22)/t19-/m1/s1. The zero-order valence-corrected chi connectivity index (χ0v) is 15.0. The van der Waals surface area contributed by atoms with Gasteiger partial charge in [-0.25, -0.2) is 0 Å². The van der Waals surface area contributed by atoms with Crippen LogP contribution in [0.15, 0.2) is 59.6 Å². The lowest BCUT2D eigenvalue weighted by Gasteiger charge is -2.23. The zero-order valence-electron chi connectivity index (χ0n) is 14.2. The van der Waals surface area contributed by atoms with Crippen molar-refractivity contribution in [2.24, 2.45) is 0 Å². The molecular weight excluding hydrogens is 346 g/mol. The van der Waals surface area contributed by atoms with Gasteiger partial charge in [0, 0.05) is 22.9 Å². The fraction of sp³-hybridized carbons (Fsp3) is 0.250. The summed E-state index contributed by atoms with van der Waals surface area (Å²) in [5.41, 5.74) is 3.71.